The normalized spacial score (nSPS) is 12.6. The quantitative estimate of drug-likeness (QED) is 0.905. The first-order chi connectivity index (χ1) is 9.71. The van der Waals surface area contributed by atoms with Gasteiger partial charge in [0.1, 0.15) is 0 Å². The zero-order chi connectivity index (χ0) is 16.0. The van der Waals surface area contributed by atoms with E-state index in [-0.39, 0.29) is 17.4 Å². The summed E-state index contributed by atoms with van der Waals surface area (Å²) in [5, 5.41) is 8.76. The number of nitriles is 1. The Morgan fingerprint density at radius 3 is 2.38 bits per heavy atom. The van der Waals surface area contributed by atoms with Gasteiger partial charge in [-0.25, -0.2) is 0 Å². The zero-order valence-corrected chi connectivity index (χ0v) is 13.4. The highest BCUT2D eigenvalue weighted by atomic mass is 16.2. The topological polar surface area (TPSA) is 70.1 Å². The average molecular weight is 287 g/mol. The van der Waals surface area contributed by atoms with Crippen molar-refractivity contribution in [3.05, 3.63) is 35.4 Å². The molecule has 0 bridgehead atoms. The number of rotatable bonds is 5. The maximum absolute atomic E-state index is 12.2. The van der Waals surface area contributed by atoms with Crippen molar-refractivity contribution < 1.29 is 4.79 Å². The molecule has 21 heavy (non-hydrogen) atoms. The van der Waals surface area contributed by atoms with Gasteiger partial charge in [0.05, 0.1) is 11.6 Å². The summed E-state index contributed by atoms with van der Waals surface area (Å²) in [6.07, 6.45) is 1.19. The van der Waals surface area contributed by atoms with E-state index >= 15 is 0 Å². The molecule has 0 saturated heterocycles. The Labute approximate surface area is 127 Å². The van der Waals surface area contributed by atoms with Gasteiger partial charge in [0.25, 0.3) is 0 Å². The zero-order valence-electron chi connectivity index (χ0n) is 13.4. The van der Waals surface area contributed by atoms with Crippen molar-refractivity contribution in [2.24, 2.45) is 11.1 Å². The Morgan fingerprint density at radius 2 is 1.90 bits per heavy atom. The van der Waals surface area contributed by atoms with Crippen molar-refractivity contribution in [1.29, 1.82) is 5.26 Å². The van der Waals surface area contributed by atoms with Crippen molar-refractivity contribution in [2.75, 3.05) is 7.05 Å². The fourth-order valence-corrected chi connectivity index (χ4v) is 2.29. The van der Waals surface area contributed by atoms with E-state index in [0.29, 0.717) is 18.5 Å². The fraction of sp³-hybridized carbons (Fsp3) is 0.529. The highest BCUT2D eigenvalue weighted by Gasteiger charge is 2.19. The minimum Gasteiger partial charge on any atom is -0.341 e. The molecule has 0 heterocycles. The summed E-state index contributed by atoms with van der Waals surface area (Å²) in [6.45, 7) is 6.90. The highest BCUT2D eigenvalue weighted by Crippen LogP contribution is 2.21. The second-order valence-corrected chi connectivity index (χ2v) is 6.79. The van der Waals surface area contributed by atoms with Crippen LogP contribution in [0.1, 0.15) is 44.7 Å². The van der Waals surface area contributed by atoms with Gasteiger partial charge in [-0.15, -0.1) is 0 Å². The summed E-state index contributed by atoms with van der Waals surface area (Å²) in [7, 11) is 1.78. The van der Waals surface area contributed by atoms with Crippen LogP contribution in [-0.2, 0) is 11.3 Å². The molecule has 1 amide bonds. The van der Waals surface area contributed by atoms with Crippen LogP contribution in [0.5, 0.6) is 0 Å². The Balaban J connectivity index is 2.52. The lowest BCUT2D eigenvalue weighted by atomic mass is 9.87. The second-order valence-electron chi connectivity index (χ2n) is 6.79. The number of carbonyl (C=O) groups excluding carboxylic acids is 1. The molecule has 0 aliphatic carbocycles. The highest BCUT2D eigenvalue weighted by molar-refractivity contribution is 5.76. The largest absolute Gasteiger partial charge is 0.341 e. The Hall–Kier alpha value is -1.86. The minimum absolute atomic E-state index is 0.0520. The Morgan fingerprint density at radius 1 is 1.33 bits per heavy atom. The minimum atomic E-state index is -0.110. The van der Waals surface area contributed by atoms with Gasteiger partial charge in [-0.05, 0) is 29.5 Å². The van der Waals surface area contributed by atoms with Crippen molar-refractivity contribution in [3.63, 3.8) is 0 Å². The van der Waals surface area contributed by atoms with Gasteiger partial charge in [0.15, 0.2) is 0 Å². The molecule has 0 spiro atoms. The van der Waals surface area contributed by atoms with Crippen molar-refractivity contribution in [1.82, 2.24) is 4.90 Å². The molecule has 2 N–H and O–H groups in total. The SMILES string of the molecule is CN(Cc1ccc(C#N)cc1)C(=O)CC(N)CC(C)(C)C. The number of nitrogens with zero attached hydrogens (tertiary/aromatic N) is 2. The van der Waals surface area contributed by atoms with Crippen molar-refractivity contribution >= 4 is 5.91 Å². The molecule has 0 aromatic heterocycles. The Bertz CT molecular complexity index is 508. The molecule has 4 heteroatoms. The number of carbonyl (C=O) groups is 1. The molecule has 0 aliphatic heterocycles. The van der Waals surface area contributed by atoms with Crippen LogP contribution < -0.4 is 5.73 Å². The van der Waals surface area contributed by atoms with Crippen LogP contribution in [0.4, 0.5) is 0 Å². The number of hydrogen-bond acceptors (Lipinski definition) is 3. The van der Waals surface area contributed by atoms with E-state index in [1.807, 2.05) is 12.1 Å². The van der Waals surface area contributed by atoms with Crippen molar-refractivity contribution in [2.45, 2.75) is 46.2 Å². The van der Waals surface area contributed by atoms with E-state index in [1.165, 1.54) is 0 Å². The first-order valence-electron chi connectivity index (χ1n) is 7.20. The monoisotopic (exact) mass is 287 g/mol. The lowest BCUT2D eigenvalue weighted by molar-refractivity contribution is -0.130. The second kappa shape index (κ2) is 7.24. The summed E-state index contributed by atoms with van der Waals surface area (Å²) in [5.41, 5.74) is 7.81. The molecule has 4 nitrogen and oxygen atoms in total. The van der Waals surface area contributed by atoms with E-state index in [4.69, 9.17) is 11.0 Å². The van der Waals surface area contributed by atoms with Crippen LogP contribution in [0.3, 0.4) is 0 Å². The molecule has 1 aromatic rings. The van der Waals surface area contributed by atoms with Gasteiger partial charge in [0, 0.05) is 26.1 Å². The average Bonchev–Trinajstić information content (AvgIpc) is 2.37. The lowest BCUT2D eigenvalue weighted by Crippen LogP contribution is -2.35. The van der Waals surface area contributed by atoms with E-state index in [1.54, 1.807) is 24.1 Å². The third-order valence-corrected chi connectivity index (χ3v) is 3.24. The van der Waals surface area contributed by atoms with Crippen LogP contribution in [0.15, 0.2) is 24.3 Å². The van der Waals surface area contributed by atoms with E-state index in [2.05, 4.69) is 26.8 Å². The molecule has 1 aromatic carbocycles. The van der Waals surface area contributed by atoms with Gasteiger partial charge >= 0.3 is 0 Å². The molecule has 1 rings (SSSR count). The van der Waals surface area contributed by atoms with Gasteiger partial charge in [-0.2, -0.15) is 5.26 Å². The van der Waals surface area contributed by atoms with Crippen LogP contribution in [-0.4, -0.2) is 23.9 Å². The molecule has 0 radical (unpaired) electrons. The summed E-state index contributed by atoms with van der Waals surface area (Å²) in [4.78, 5) is 13.8. The molecule has 1 unspecified atom stereocenters. The van der Waals surface area contributed by atoms with Crippen LogP contribution in [0.25, 0.3) is 0 Å². The van der Waals surface area contributed by atoms with E-state index < -0.39 is 0 Å². The standard InChI is InChI=1S/C17H25N3O/c1-17(2,3)10-15(19)9-16(21)20(4)12-14-7-5-13(11-18)6-8-14/h5-8,15H,9-10,12,19H2,1-4H3. The number of amides is 1. The summed E-state index contributed by atoms with van der Waals surface area (Å²) >= 11 is 0. The fourth-order valence-electron chi connectivity index (χ4n) is 2.29. The van der Waals surface area contributed by atoms with Crippen molar-refractivity contribution in [3.8, 4) is 6.07 Å². The van der Waals surface area contributed by atoms with Gasteiger partial charge < -0.3 is 10.6 Å². The third kappa shape index (κ3) is 6.42. The number of hydrogen-bond donors (Lipinski definition) is 1. The number of nitrogens with two attached hydrogens (primary N) is 1. The molecule has 0 fully saturated rings. The van der Waals surface area contributed by atoms with Crippen LogP contribution in [0, 0.1) is 16.7 Å². The molecule has 1 atom stereocenters. The molecule has 0 aliphatic rings. The first kappa shape index (κ1) is 17.2. The summed E-state index contributed by atoms with van der Waals surface area (Å²) in [5.74, 6) is 0.0520. The Kier molecular flexibility index (Phi) is 5.92. The molecular weight excluding hydrogens is 262 g/mol. The molecule has 0 saturated carbocycles. The predicted octanol–water partition coefficient (Wildman–Crippen LogP) is 2.67. The van der Waals surface area contributed by atoms with Gasteiger partial charge in [-0.3, -0.25) is 4.79 Å². The maximum Gasteiger partial charge on any atom is 0.224 e. The summed E-state index contributed by atoms with van der Waals surface area (Å²) < 4.78 is 0. The first-order valence-corrected chi connectivity index (χ1v) is 7.20. The van der Waals surface area contributed by atoms with Crippen LogP contribution >= 0.6 is 0 Å². The van der Waals surface area contributed by atoms with Crippen LogP contribution in [0.2, 0.25) is 0 Å². The lowest BCUT2D eigenvalue weighted by Gasteiger charge is -2.25. The smallest absolute Gasteiger partial charge is 0.224 e. The molecular formula is C17H25N3O. The number of benzene rings is 1. The van der Waals surface area contributed by atoms with Gasteiger partial charge in [0.2, 0.25) is 5.91 Å². The summed E-state index contributed by atoms with van der Waals surface area (Å²) in [6, 6.07) is 9.24. The maximum atomic E-state index is 12.2. The van der Waals surface area contributed by atoms with E-state index in [0.717, 1.165) is 12.0 Å². The third-order valence-electron chi connectivity index (χ3n) is 3.24. The van der Waals surface area contributed by atoms with E-state index in [9.17, 15) is 4.79 Å². The predicted molar refractivity (Wildman–Crippen MR) is 84.3 cm³/mol. The van der Waals surface area contributed by atoms with Gasteiger partial charge in [-0.1, -0.05) is 32.9 Å². The molecule has 114 valence electrons.